The molecule has 0 saturated heterocycles. The predicted molar refractivity (Wildman–Crippen MR) is 89.7 cm³/mol. The monoisotopic (exact) mass is 286 g/mol. The lowest BCUT2D eigenvalue weighted by molar-refractivity contribution is -0.937. The van der Waals surface area contributed by atoms with Crippen molar-refractivity contribution in [3.05, 3.63) is 0 Å². The zero-order chi connectivity index (χ0) is 15.3. The van der Waals surface area contributed by atoms with E-state index in [9.17, 15) is 5.11 Å². The van der Waals surface area contributed by atoms with Crippen molar-refractivity contribution in [3.63, 3.8) is 0 Å². The number of hydrogen-bond donors (Lipinski definition) is 1. The summed E-state index contributed by atoms with van der Waals surface area (Å²) in [5.74, 6) is 0. The molecule has 0 aliphatic rings. The average molecular weight is 287 g/mol. The quantitative estimate of drug-likeness (QED) is 0.267. The van der Waals surface area contributed by atoms with Crippen LogP contribution >= 0.6 is 0 Å². The Kier molecular flexibility index (Phi) is 12.6. The molecular weight excluding hydrogens is 246 g/mol. The summed E-state index contributed by atoms with van der Waals surface area (Å²) >= 11 is 0. The third-order valence-corrected chi connectivity index (χ3v) is 4.44. The highest BCUT2D eigenvalue weighted by molar-refractivity contribution is 4.49. The number of aliphatic hydroxyl groups excluding tert-OH is 1. The minimum Gasteiger partial charge on any atom is -0.345 e. The Morgan fingerprint density at radius 1 is 0.700 bits per heavy atom. The van der Waals surface area contributed by atoms with Crippen molar-refractivity contribution in [2.45, 2.75) is 97.1 Å². The molecule has 0 aliphatic heterocycles. The van der Waals surface area contributed by atoms with Crippen LogP contribution in [0.4, 0.5) is 0 Å². The van der Waals surface area contributed by atoms with E-state index in [1.54, 1.807) is 0 Å². The SMILES string of the molecule is CCCCCCCCCCCC[N+](C)(C)C(O)CCC. The Balaban J connectivity index is 3.38. The molecule has 2 nitrogen and oxygen atoms in total. The van der Waals surface area contributed by atoms with E-state index in [1.165, 1.54) is 64.2 Å². The molecule has 0 aromatic rings. The molecule has 0 radical (unpaired) electrons. The first kappa shape index (κ1) is 19.9. The van der Waals surface area contributed by atoms with Crippen molar-refractivity contribution >= 4 is 0 Å². The number of hydrogen-bond acceptors (Lipinski definition) is 1. The van der Waals surface area contributed by atoms with Crippen LogP contribution in [0, 0.1) is 0 Å². The third-order valence-electron chi connectivity index (χ3n) is 4.44. The molecular formula is C18H40NO+. The molecule has 1 atom stereocenters. The molecule has 0 aromatic heterocycles. The summed E-state index contributed by atoms with van der Waals surface area (Å²) in [6.45, 7) is 5.53. The molecule has 0 fully saturated rings. The van der Waals surface area contributed by atoms with Gasteiger partial charge in [-0.25, -0.2) is 0 Å². The molecule has 0 spiro atoms. The summed E-state index contributed by atoms with van der Waals surface area (Å²) in [5, 5.41) is 10.1. The van der Waals surface area contributed by atoms with E-state index in [0.29, 0.717) is 0 Å². The van der Waals surface area contributed by atoms with E-state index in [0.717, 1.165) is 23.9 Å². The Morgan fingerprint density at radius 2 is 1.15 bits per heavy atom. The minimum atomic E-state index is -0.182. The van der Waals surface area contributed by atoms with Gasteiger partial charge in [0.2, 0.25) is 0 Å². The maximum Gasteiger partial charge on any atom is 0.190 e. The summed E-state index contributed by atoms with van der Waals surface area (Å²) < 4.78 is 0.769. The van der Waals surface area contributed by atoms with Crippen LogP contribution in [0.15, 0.2) is 0 Å². The number of aliphatic hydroxyl groups is 1. The van der Waals surface area contributed by atoms with E-state index >= 15 is 0 Å². The van der Waals surface area contributed by atoms with E-state index in [2.05, 4.69) is 27.9 Å². The highest BCUT2D eigenvalue weighted by Gasteiger charge is 2.23. The van der Waals surface area contributed by atoms with E-state index in [1.807, 2.05) is 0 Å². The van der Waals surface area contributed by atoms with Crippen molar-refractivity contribution in [1.29, 1.82) is 0 Å². The van der Waals surface area contributed by atoms with E-state index in [4.69, 9.17) is 0 Å². The molecule has 0 heterocycles. The summed E-state index contributed by atoms with van der Waals surface area (Å²) in [4.78, 5) is 0. The lowest BCUT2D eigenvalue weighted by Crippen LogP contribution is -2.49. The third kappa shape index (κ3) is 10.7. The van der Waals surface area contributed by atoms with Crippen molar-refractivity contribution in [2.75, 3.05) is 20.6 Å². The maximum atomic E-state index is 10.1. The van der Waals surface area contributed by atoms with Gasteiger partial charge in [-0.05, 0) is 19.3 Å². The molecule has 1 N–H and O–H groups in total. The van der Waals surface area contributed by atoms with Gasteiger partial charge in [0.25, 0.3) is 0 Å². The van der Waals surface area contributed by atoms with Gasteiger partial charge >= 0.3 is 0 Å². The van der Waals surface area contributed by atoms with Crippen LogP contribution in [-0.4, -0.2) is 36.5 Å². The molecule has 0 bridgehead atoms. The molecule has 2 heteroatoms. The fourth-order valence-corrected chi connectivity index (χ4v) is 2.76. The average Bonchev–Trinajstić information content (AvgIpc) is 2.41. The predicted octanol–water partition coefficient (Wildman–Crippen LogP) is 5.10. The Bertz CT molecular complexity index is 204. The normalized spacial score (nSPS) is 13.7. The molecule has 0 rings (SSSR count). The second-order valence-corrected chi connectivity index (χ2v) is 6.95. The Hall–Kier alpha value is -0.0800. The summed E-state index contributed by atoms with van der Waals surface area (Å²) in [5.41, 5.74) is 0. The van der Waals surface area contributed by atoms with Crippen LogP contribution in [0.3, 0.4) is 0 Å². The van der Waals surface area contributed by atoms with Crippen LogP contribution in [-0.2, 0) is 0 Å². The fraction of sp³-hybridized carbons (Fsp3) is 1.00. The molecule has 0 aliphatic carbocycles. The van der Waals surface area contributed by atoms with Gasteiger partial charge in [0, 0.05) is 6.42 Å². The van der Waals surface area contributed by atoms with Gasteiger partial charge in [0.15, 0.2) is 6.23 Å². The Labute approximate surface area is 128 Å². The summed E-state index contributed by atoms with van der Waals surface area (Å²) in [7, 11) is 4.32. The highest BCUT2D eigenvalue weighted by atomic mass is 16.3. The first-order valence-corrected chi connectivity index (χ1v) is 9.05. The fourth-order valence-electron chi connectivity index (χ4n) is 2.76. The van der Waals surface area contributed by atoms with Gasteiger partial charge in [0.05, 0.1) is 20.6 Å². The number of rotatable bonds is 14. The second-order valence-electron chi connectivity index (χ2n) is 6.95. The van der Waals surface area contributed by atoms with Gasteiger partial charge < -0.3 is 9.59 Å². The lowest BCUT2D eigenvalue weighted by atomic mass is 10.1. The maximum absolute atomic E-state index is 10.1. The topological polar surface area (TPSA) is 20.2 Å². The van der Waals surface area contributed by atoms with Crippen molar-refractivity contribution < 1.29 is 9.59 Å². The lowest BCUT2D eigenvalue weighted by Gasteiger charge is -2.34. The van der Waals surface area contributed by atoms with Crippen LogP contribution in [0.2, 0.25) is 0 Å². The van der Waals surface area contributed by atoms with E-state index < -0.39 is 0 Å². The molecule has 0 saturated carbocycles. The zero-order valence-electron chi connectivity index (χ0n) is 14.7. The van der Waals surface area contributed by atoms with Gasteiger partial charge in [-0.3, -0.25) is 0 Å². The number of unbranched alkanes of at least 4 members (excludes halogenated alkanes) is 9. The molecule has 20 heavy (non-hydrogen) atoms. The zero-order valence-corrected chi connectivity index (χ0v) is 14.7. The molecule has 0 amide bonds. The first-order valence-electron chi connectivity index (χ1n) is 9.05. The van der Waals surface area contributed by atoms with E-state index in [-0.39, 0.29) is 6.23 Å². The highest BCUT2D eigenvalue weighted by Crippen LogP contribution is 2.14. The smallest absolute Gasteiger partial charge is 0.190 e. The summed E-state index contributed by atoms with van der Waals surface area (Å²) in [6, 6.07) is 0. The Morgan fingerprint density at radius 3 is 1.60 bits per heavy atom. The van der Waals surface area contributed by atoms with Crippen molar-refractivity contribution in [2.24, 2.45) is 0 Å². The number of quaternary nitrogens is 1. The van der Waals surface area contributed by atoms with Crippen LogP contribution in [0.5, 0.6) is 0 Å². The van der Waals surface area contributed by atoms with Gasteiger partial charge in [0.1, 0.15) is 0 Å². The first-order chi connectivity index (χ1) is 9.54. The largest absolute Gasteiger partial charge is 0.345 e. The van der Waals surface area contributed by atoms with Crippen LogP contribution < -0.4 is 0 Å². The van der Waals surface area contributed by atoms with Crippen molar-refractivity contribution in [3.8, 4) is 0 Å². The standard InChI is InChI=1S/C18H40NO/c1-5-7-8-9-10-11-12-13-14-15-17-19(3,4)18(20)16-6-2/h18,20H,5-17H2,1-4H3/q+1. The van der Waals surface area contributed by atoms with Crippen LogP contribution in [0.1, 0.15) is 90.9 Å². The van der Waals surface area contributed by atoms with Gasteiger partial charge in [-0.1, -0.05) is 65.2 Å². The minimum absolute atomic E-state index is 0.182. The molecule has 122 valence electrons. The van der Waals surface area contributed by atoms with Crippen LogP contribution in [0.25, 0.3) is 0 Å². The molecule has 0 aromatic carbocycles. The van der Waals surface area contributed by atoms with Crippen molar-refractivity contribution in [1.82, 2.24) is 0 Å². The second kappa shape index (κ2) is 12.6. The molecule has 1 unspecified atom stereocenters. The number of nitrogens with zero attached hydrogens (tertiary/aromatic N) is 1. The van der Waals surface area contributed by atoms with Gasteiger partial charge in [-0.2, -0.15) is 0 Å². The summed E-state index contributed by atoms with van der Waals surface area (Å²) in [6.07, 6.45) is 15.6. The van der Waals surface area contributed by atoms with Gasteiger partial charge in [-0.15, -0.1) is 0 Å².